The van der Waals surface area contributed by atoms with Crippen LogP contribution in [0.2, 0.25) is 0 Å². The van der Waals surface area contributed by atoms with Crippen molar-refractivity contribution in [3.05, 3.63) is 47.4 Å². The van der Waals surface area contributed by atoms with Crippen LogP contribution < -0.4 is 0 Å². The zero-order valence-electron chi connectivity index (χ0n) is 8.70. The number of nitrogens with zero attached hydrogens (tertiary/aromatic N) is 2. The number of benzene rings is 1. The van der Waals surface area contributed by atoms with Crippen LogP contribution in [0.15, 0.2) is 30.6 Å². The van der Waals surface area contributed by atoms with Crippen LogP contribution in [0.25, 0.3) is 11.3 Å². The third-order valence-electron chi connectivity index (χ3n) is 3.08. The highest BCUT2D eigenvalue weighted by Crippen LogP contribution is 2.32. The minimum Gasteiger partial charge on any atom is -0.241 e. The molecule has 1 aliphatic rings. The second-order valence-corrected chi connectivity index (χ2v) is 3.94. The maximum Gasteiger partial charge on any atom is 0.116 e. The van der Waals surface area contributed by atoms with Crippen LogP contribution in [0.4, 0.5) is 0 Å². The van der Waals surface area contributed by atoms with Crippen molar-refractivity contribution in [1.82, 2.24) is 9.97 Å². The zero-order valence-corrected chi connectivity index (χ0v) is 8.70. The van der Waals surface area contributed by atoms with Gasteiger partial charge in [0.1, 0.15) is 6.33 Å². The first-order chi connectivity index (χ1) is 7.36. The van der Waals surface area contributed by atoms with Crippen LogP contribution in [0.1, 0.15) is 16.8 Å². The average molecular weight is 196 g/mol. The zero-order chi connectivity index (χ0) is 10.3. The SMILES string of the molecule is Cc1ncnc2c1CCc1ccccc1-2. The predicted molar refractivity (Wildman–Crippen MR) is 59.6 cm³/mol. The Kier molecular flexibility index (Phi) is 1.81. The third kappa shape index (κ3) is 1.25. The van der Waals surface area contributed by atoms with Gasteiger partial charge in [-0.1, -0.05) is 24.3 Å². The molecule has 0 fully saturated rings. The van der Waals surface area contributed by atoms with Crippen LogP contribution in [0.3, 0.4) is 0 Å². The Morgan fingerprint density at radius 1 is 1.07 bits per heavy atom. The van der Waals surface area contributed by atoms with Gasteiger partial charge in [0.25, 0.3) is 0 Å². The molecule has 0 aliphatic heterocycles. The van der Waals surface area contributed by atoms with Crippen molar-refractivity contribution in [1.29, 1.82) is 0 Å². The summed E-state index contributed by atoms with van der Waals surface area (Å²) in [6, 6.07) is 8.51. The summed E-state index contributed by atoms with van der Waals surface area (Å²) in [6.07, 6.45) is 3.84. The summed E-state index contributed by atoms with van der Waals surface area (Å²) in [5.74, 6) is 0. The van der Waals surface area contributed by atoms with Crippen LogP contribution >= 0.6 is 0 Å². The number of rotatable bonds is 0. The molecule has 0 spiro atoms. The molecule has 2 nitrogen and oxygen atoms in total. The average Bonchev–Trinajstić information content (AvgIpc) is 2.29. The van der Waals surface area contributed by atoms with E-state index in [1.54, 1.807) is 6.33 Å². The summed E-state index contributed by atoms with van der Waals surface area (Å²) in [4.78, 5) is 8.66. The van der Waals surface area contributed by atoms with Crippen LogP contribution in [-0.4, -0.2) is 9.97 Å². The van der Waals surface area contributed by atoms with Gasteiger partial charge in [0.05, 0.1) is 5.69 Å². The number of aryl methyl sites for hydroxylation is 2. The van der Waals surface area contributed by atoms with Gasteiger partial charge >= 0.3 is 0 Å². The standard InChI is InChI=1S/C13H12N2/c1-9-11-7-6-10-4-2-3-5-12(10)13(11)15-8-14-9/h2-5,8H,6-7H2,1H3. The second-order valence-electron chi connectivity index (χ2n) is 3.94. The molecule has 3 rings (SSSR count). The third-order valence-corrected chi connectivity index (χ3v) is 3.08. The molecule has 0 atom stereocenters. The number of aromatic nitrogens is 2. The van der Waals surface area contributed by atoms with E-state index in [0.29, 0.717) is 0 Å². The first-order valence-electron chi connectivity index (χ1n) is 5.25. The fourth-order valence-electron chi connectivity index (χ4n) is 2.26. The maximum absolute atomic E-state index is 4.41. The van der Waals surface area contributed by atoms with E-state index in [4.69, 9.17) is 0 Å². The molecule has 15 heavy (non-hydrogen) atoms. The normalized spacial score (nSPS) is 13.1. The quantitative estimate of drug-likeness (QED) is 0.647. The topological polar surface area (TPSA) is 25.8 Å². The molecule has 0 bridgehead atoms. The van der Waals surface area contributed by atoms with Gasteiger partial charge in [-0.3, -0.25) is 0 Å². The van der Waals surface area contributed by atoms with Crippen molar-refractivity contribution in [3.8, 4) is 11.3 Å². The summed E-state index contributed by atoms with van der Waals surface area (Å²) in [5.41, 5.74) is 6.25. The molecule has 0 unspecified atom stereocenters. The molecule has 0 saturated carbocycles. The lowest BCUT2D eigenvalue weighted by Crippen LogP contribution is -2.08. The van der Waals surface area contributed by atoms with Gasteiger partial charge in [0.15, 0.2) is 0 Å². The fourth-order valence-corrected chi connectivity index (χ4v) is 2.26. The van der Waals surface area contributed by atoms with Gasteiger partial charge in [-0.15, -0.1) is 0 Å². The van der Waals surface area contributed by atoms with Crippen molar-refractivity contribution >= 4 is 0 Å². The van der Waals surface area contributed by atoms with E-state index >= 15 is 0 Å². The summed E-state index contributed by atoms with van der Waals surface area (Å²) in [7, 11) is 0. The Balaban J connectivity index is 2.30. The van der Waals surface area contributed by atoms with Crippen LogP contribution in [-0.2, 0) is 12.8 Å². The molecule has 1 aliphatic carbocycles. The van der Waals surface area contributed by atoms with E-state index in [-0.39, 0.29) is 0 Å². The van der Waals surface area contributed by atoms with Crippen molar-refractivity contribution in [3.63, 3.8) is 0 Å². The molecular formula is C13H12N2. The highest BCUT2D eigenvalue weighted by Gasteiger charge is 2.18. The van der Waals surface area contributed by atoms with Gasteiger partial charge in [0.2, 0.25) is 0 Å². The molecule has 1 heterocycles. The lowest BCUT2D eigenvalue weighted by atomic mass is 9.88. The summed E-state index contributed by atoms with van der Waals surface area (Å²) < 4.78 is 0. The first-order valence-corrected chi connectivity index (χ1v) is 5.25. The lowest BCUT2D eigenvalue weighted by molar-refractivity contribution is 0.890. The Hall–Kier alpha value is -1.70. The Morgan fingerprint density at radius 3 is 2.87 bits per heavy atom. The molecule has 1 aromatic carbocycles. The predicted octanol–water partition coefficient (Wildman–Crippen LogP) is 2.55. The molecule has 74 valence electrons. The van der Waals surface area contributed by atoms with Gasteiger partial charge in [-0.2, -0.15) is 0 Å². The highest BCUT2D eigenvalue weighted by molar-refractivity contribution is 5.69. The van der Waals surface area contributed by atoms with Crippen molar-refractivity contribution < 1.29 is 0 Å². The molecule has 0 saturated heterocycles. The summed E-state index contributed by atoms with van der Waals surface area (Å²) in [5, 5.41) is 0. The lowest BCUT2D eigenvalue weighted by Gasteiger charge is -2.19. The smallest absolute Gasteiger partial charge is 0.116 e. The second kappa shape index (κ2) is 3.16. The molecule has 0 radical (unpaired) electrons. The Morgan fingerprint density at radius 2 is 1.93 bits per heavy atom. The van der Waals surface area contributed by atoms with E-state index in [2.05, 4.69) is 41.2 Å². The van der Waals surface area contributed by atoms with Gasteiger partial charge in [0, 0.05) is 16.8 Å². The molecule has 2 heteroatoms. The first kappa shape index (κ1) is 8.60. The molecule has 0 amide bonds. The largest absolute Gasteiger partial charge is 0.241 e. The molecule has 1 aromatic heterocycles. The van der Waals surface area contributed by atoms with Crippen molar-refractivity contribution in [2.24, 2.45) is 0 Å². The van der Waals surface area contributed by atoms with Gasteiger partial charge < -0.3 is 0 Å². The Bertz CT molecular complexity index is 518. The summed E-state index contributed by atoms with van der Waals surface area (Å²) in [6.45, 7) is 2.06. The van der Waals surface area contributed by atoms with E-state index < -0.39 is 0 Å². The minimum atomic E-state index is 1.07. The fraction of sp³-hybridized carbons (Fsp3) is 0.231. The van der Waals surface area contributed by atoms with Gasteiger partial charge in [-0.25, -0.2) is 9.97 Å². The molecular weight excluding hydrogens is 184 g/mol. The molecule has 2 aromatic rings. The van der Waals surface area contributed by atoms with Crippen LogP contribution in [0.5, 0.6) is 0 Å². The van der Waals surface area contributed by atoms with E-state index in [1.807, 2.05) is 0 Å². The highest BCUT2D eigenvalue weighted by atomic mass is 14.8. The van der Waals surface area contributed by atoms with Crippen molar-refractivity contribution in [2.45, 2.75) is 19.8 Å². The summed E-state index contributed by atoms with van der Waals surface area (Å²) >= 11 is 0. The number of hydrogen-bond donors (Lipinski definition) is 0. The van der Waals surface area contributed by atoms with E-state index in [1.165, 1.54) is 16.7 Å². The van der Waals surface area contributed by atoms with E-state index in [0.717, 1.165) is 24.2 Å². The number of hydrogen-bond acceptors (Lipinski definition) is 2. The van der Waals surface area contributed by atoms with E-state index in [9.17, 15) is 0 Å². The van der Waals surface area contributed by atoms with Crippen LogP contribution in [0, 0.1) is 6.92 Å². The van der Waals surface area contributed by atoms with Crippen molar-refractivity contribution in [2.75, 3.05) is 0 Å². The minimum absolute atomic E-state index is 1.07. The maximum atomic E-state index is 4.41. The Labute approximate surface area is 89.0 Å². The van der Waals surface area contributed by atoms with Gasteiger partial charge in [-0.05, 0) is 25.3 Å². The molecule has 0 N–H and O–H groups in total. The monoisotopic (exact) mass is 196 g/mol. The number of fused-ring (bicyclic) bond motifs is 3.